The Bertz CT molecular complexity index is 1020. The number of nitrogens with zero attached hydrogens (tertiary/aromatic N) is 1. The molecule has 3 heterocycles. The van der Waals surface area contributed by atoms with Crippen molar-refractivity contribution < 1.29 is 19.0 Å². The number of rotatable bonds is 3. The zero-order chi connectivity index (χ0) is 20.7. The van der Waals surface area contributed by atoms with Gasteiger partial charge >= 0.3 is 0 Å². The van der Waals surface area contributed by atoms with Crippen LogP contribution in [0.5, 0.6) is 17.2 Å². The highest BCUT2D eigenvalue weighted by atomic mass is 16.5. The molecule has 6 nitrogen and oxygen atoms in total. The van der Waals surface area contributed by atoms with Crippen LogP contribution in [-0.4, -0.2) is 44.2 Å². The average molecular weight is 406 g/mol. The summed E-state index contributed by atoms with van der Waals surface area (Å²) in [6.07, 6.45) is 3.70. The molecule has 5 rings (SSSR count). The maximum absolute atomic E-state index is 13.2. The van der Waals surface area contributed by atoms with E-state index in [4.69, 9.17) is 19.9 Å². The monoisotopic (exact) mass is 406 g/mol. The number of ether oxygens (including phenoxy) is 3. The van der Waals surface area contributed by atoms with E-state index in [1.165, 1.54) is 5.56 Å². The van der Waals surface area contributed by atoms with E-state index in [9.17, 15) is 4.79 Å². The highest BCUT2D eigenvalue weighted by Crippen LogP contribution is 2.46. The van der Waals surface area contributed by atoms with Crippen LogP contribution in [0.2, 0.25) is 0 Å². The number of hydrogen-bond donors (Lipinski definition) is 1. The van der Waals surface area contributed by atoms with Crippen LogP contribution in [0.3, 0.4) is 0 Å². The fourth-order valence-electron chi connectivity index (χ4n) is 4.76. The van der Waals surface area contributed by atoms with Crippen LogP contribution in [0.15, 0.2) is 42.0 Å². The molecule has 1 saturated heterocycles. The Balaban J connectivity index is 1.32. The van der Waals surface area contributed by atoms with Gasteiger partial charge in [0.05, 0.1) is 19.3 Å². The van der Waals surface area contributed by atoms with E-state index in [1.54, 1.807) is 7.11 Å². The second-order valence-electron chi connectivity index (χ2n) is 8.23. The van der Waals surface area contributed by atoms with Gasteiger partial charge in [0, 0.05) is 36.2 Å². The number of para-hydroxylation sites is 1. The summed E-state index contributed by atoms with van der Waals surface area (Å²) in [7, 11) is 1.62. The van der Waals surface area contributed by atoms with Gasteiger partial charge in [-0.3, -0.25) is 4.79 Å². The summed E-state index contributed by atoms with van der Waals surface area (Å²) in [5.74, 6) is 2.39. The second kappa shape index (κ2) is 7.36. The van der Waals surface area contributed by atoms with Crippen molar-refractivity contribution in [1.82, 2.24) is 4.90 Å². The molecule has 0 atom stereocenters. The molecule has 0 aliphatic carbocycles. The first-order valence-corrected chi connectivity index (χ1v) is 10.4. The largest absolute Gasteiger partial charge is 0.493 e. The fourth-order valence-corrected chi connectivity index (χ4v) is 4.76. The molecular weight excluding hydrogens is 380 g/mol. The highest BCUT2D eigenvalue weighted by Gasteiger charge is 2.44. The van der Waals surface area contributed by atoms with Gasteiger partial charge < -0.3 is 24.8 Å². The molecular formula is C24H26N2O4. The summed E-state index contributed by atoms with van der Waals surface area (Å²) in [6.45, 7) is 2.87. The summed E-state index contributed by atoms with van der Waals surface area (Å²) in [5.41, 5.74) is 9.75. The number of carbonyl (C=O) groups is 1. The summed E-state index contributed by atoms with van der Waals surface area (Å²) in [4.78, 5) is 15.1. The van der Waals surface area contributed by atoms with E-state index in [0.717, 1.165) is 29.7 Å². The molecule has 3 aliphatic heterocycles. The second-order valence-corrected chi connectivity index (χ2v) is 8.23. The zero-order valence-electron chi connectivity index (χ0n) is 17.1. The average Bonchev–Trinajstić information content (AvgIpc) is 3.15. The number of nitrogens with two attached hydrogens (primary N) is 1. The third-order valence-electron chi connectivity index (χ3n) is 6.57. The smallest absolute Gasteiger partial charge is 0.253 e. The molecule has 30 heavy (non-hydrogen) atoms. The lowest BCUT2D eigenvalue weighted by molar-refractivity contribution is -0.129. The normalized spacial score (nSPS) is 18.7. The molecule has 0 aromatic heterocycles. The highest BCUT2D eigenvalue weighted by molar-refractivity contribution is 5.99. The van der Waals surface area contributed by atoms with E-state index < -0.39 is 0 Å². The third-order valence-corrected chi connectivity index (χ3v) is 6.57. The van der Waals surface area contributed by atoms with Crippen LogP contribution < -0.4 is 19.9 Å². The Morgan fingerprint density at radius 1 is 1.20 bits per heavy atom. The van der Waals surface area contributed by atoms with E-state index in [2.05, 4.69) is 6.07 Å². The van der Waals surface area contributed by atoms with Gasteiger partial charge in [-0.25, -0.2) is 0 Å². The molecule has 6 heteroatoms. The van der Waals surface area contributed by atoms with Gasteiger partial charge in [-0.05, 0) is 36.6 Å². The lowest BCUT2D eigenvalue weighted by atomic mass is 9.74. The van der Waals surface area contributed by atoms with Gasteiger partial charge in [-0.2, -0.15) is 0 Å². The number of benzene rings is 2. The predicted molar refractivity (Wildman–Crippen MR) is 114 cm³/mol. The molecule has 1 fully saturated rings. The summed E-state index contributed by atoms with van der Waals surface area (Å²) >= 11 is 0. The van der Waals surface area contributed by atoms with E-state index in [0.29, 0.717) is 43.3 Å². The van der Waals surface area contributed by atoms with Crippen LogP contribution in [0.25, 0.3) is 6.08 Å². The number of hydrogen-bond acceptors (Lipinski definition) is 5. The molecule has 0 bridgehead atoms. The molecule has 156 valence electrons. The quantitative estimate of drug-likeness (QED) is 0.849. The molecule has 1 amide bonds. The number of piperidine rings is 1. The Morgan fingerprint density at radius 2 is 2.03 bits per heavy atom. The minimum atomic E-state index is -0.0191. The molecule has 0 saturated carbocycles. The minimum Gasteiger partial charge on any atom is -0.493 e. The van der Waals surface area contributed by atoms with Gasteiger partial charge in [0.25, 0.3) is 5.91 Å². The summed E-state index contributed by atoms with van der Waals surface area (Å²) in [6, 6.07) is 11.9. The molecule has 0 unspecified atom stereocenters. The molecule has 2 aromatic rings. The fraction of sp³-hybridized carbons (Fsp3) is 0.375. The number of likely N-dealkylation sites (tertiary alicyclic amines) is 1. The van der Waals surface area contributed by atoms with Crippen molar-refractivity contribution in [2.24, 2.45) is 5.73 Å². The number of methoxy groups -OCH3 is 1. The van der Waals surface area contributed by atoms with Crippen LogP contribution in [-0.2, 0) is 16.8 Å². The molecule has 2 N–H and O–H groups in total. The molecule has 2 aromatic carbocycles. The van der Waals surface area contributed by atoms with Crippen LogP contribution in [0, 0.1) is 0 Å². The maximum atomic E-state index is 13.2. The van der Waals surface area contributed by atoms with E-state index in [1.807, 2.05) is 41.3 Å². The Kier molecular flexibility index (Phi) is 4.66. The number of amides is 1. The Morgan fingerprint density at radius 3 is 2.80 bits per heavy atom. The standard InChI is InChI=1S/C24H26N2O4/c1-28-21-4-2-3-17-12-18(14-29-22(17)21)23(27)26-9-7-24(8-10-26)15-30-20-6-5-16(13-25)11-19(20)24/h2-6,11-12H,7-10,13-15,25H2,1H3. The zero-order valence-corrected chi connectivity index (χ0v) is 17.1. The lowest BCUT2D eigenvalue weighted by Crippen LogP contribution is -2.47. The SMILES string of the molecule is COc1cccc2c1OCC(C(=O)N1CCC3(CC1)COc1ccc(CN)cc13)=C2. The minimum absolute atomic E-state index is 0.0191. The maximum Gasteiger partial charge on any atom is 0.253 e. The van der Waals surface area contributed by atoms with Gasteiger partial charge in [-0.1, -0.05) is 24.3 Å². The molecule has 3 aliphatic rings. The van der Waals surface area contributed by atoms with Crippen molar-refractivity contribution >= 4 is 12.0 Å². The van der Waals surface area contributed by atoms with Crippen molar-refractivity contribution in [2.45, 2.75) is 24.8 Å². The van der Waals surface area contributed by atoms with Gasteiger partial charge in [0.1, 0.15) is 12.4 Å². The third kappa shape index (κ3) is 3.03. The van der Waals surface area contributed by atoms with Crippen LogP contribution in [0.4, 0.5) is 0 Å². The lowest BCUT2D eigenvalue weighted by Gasteiger charge is -2.39. The Labute approximate surface area is 176 Å². The summed E-state index contributed by atoms with van der Waals surface area (Å²) in [5, 5.41) is 0. The van der Waals surface area contributed by atoms with Crippen molar-refractivity contribution in [3.63, 3.8) is 0 Å². The van der Waals surface area contributed by atoms with Crippen molar-refractivity contribution in [3.8, 4) is 17.2 Å². The topological polar surface area (TPSA) is 74.0 Å². The number of fused-ring (bicyclic) bond motifs is 3. The van der Waals surface area contributed by atoms with Gasteiger partial charge in [-0.15, -0.1) is 0 Å². The molecule has 1 spiro atoms. The molecule has 0 radical (unpaired) electrons. The van der Waals surface area contributed by atoms with E-state index >= 15 is 0 Å². The number of carbonyl (C=O) groups excluding carboxylic acids is 1. The van der Waals surface area contributed by atoms with E-state index in [-0.39, 0.29) is 17.9 Å². The van der Waals surface area contributed by atoms with Crippen LogP contribution >= 0.6 is 0 Å². The predicted octanol–water partition coefficient (Wildman–Crippen LogP) is 2.88. The first-order valence-electron chi connectivity index (χ1n) is 10.4. The first-order chi connectivity index (χ1) is 14.6. The Hall–Kier alpha value is -2.99. The van der Waals surface area contributed by atoms with Crippen molar-refractivity contribution in [2.75, 3.05) is 33.4 Å². The first kappa shape index (κ1) is 19.0. The van der Waals surface area contributed by atoms with Gasteiger partial charge in [0.2, 0.25) is 0 Å². The van der Waals surface area contributed by atoms with Crippen LogP contribution in [0.1, 0.15) is 29.5 Å². The van der Waals surface area contributed by atoms with Crippen molar-refractivity contribution in [3.05, 3.63) is 58.7 Å². The van der Waals surface area contributed by atoms with Crippen molar-refractivity contribution in [1.29, 1.82) is 0 Å². The summed E-state index contributed by atoms with van der Waals surface area (Å²) < 4.78 is 17.2. The van der Waals surface area contributed by atoms with Gasteiger partial charge in [0.15, 0.2) is 11.5 Å².